The second-order valence-corrected chi connectivity index (χ2v) is 7.18. The van der Waals surface area contributed by atoms with Crippen LogP contribution in [-0.2, 0) is 10.0 Å². The van der Waals surface area contributed by atoms with Crippen LogP contribution in [0.4, 0.5) is 0 Å². The Hall–Kier alpha value is -1.38. The van der Waals surface area contributed by atoms with Gasteiger partial charge in [-0.05, 0) is 42.5 Å². The molecule has 0 radical (unpaired) electrons. The van der Waals surface area contributed by atoms with Crippen LogP contribution in [0.5, 0.6) is 0 Å². The lowest BCUT2D eigenvalue weighted by Crippen LogP contribution is -2.42. The van der Waals surface area contributed by atoms with Crippen LogP contribution in [0.1, 0.15) is 25.8 Å². The van der Waals surface area contributed by atoms with Crippen LogP contribution in [0.25, 0.3) is 0 Å². The van der Waals surface area contributed by atoms with Crippen molar-refractivity contribution in [1.29, 1.82) is 5.26 Å². The smallest absolute Gasteiger partial charge is 0.207 e. The van der Waals surface area contributed by atoms with Gasteiger partial charge in [0.1, 0.15) is 0 Å². The van der Waals surface area contributed by atoms with Crippen molar-refractivity contribution in [2.45, 2.75) is 25.2 Å². The Bertz CT molecular complexity index is 587. The third-order valence-corrected chi connectivity index (χ3v) is 5.80. The van der Waals surface area contributed by atoms with E-state index in [0.29, 0.717) is 30.5 Å². The van der Waals surface area contributed by atoms with Crippen LogP contribution in [0.2, 0.25) is 0 Å². The quantitative estimate of drug-likeness (QED) is 0.833. The third-order valence-electron chi connectivity index (χ3n) is 3.92. The Morgan fingerprint density at radius 1 is 1.21 bits per heavy atom. The molecule has 0 aromatic heterocycles. The molecule has 0 N–H and O–H groups in total. The Labute approximate surface area is 114 Å². The van der Waals surface area contributed by atoms with E-state index in [0.717, 1.165) is 6.42 Å². The number of hydrogen-bond donors (Lipinski definition) is 0. The standard InChI is InChI=1S/C14H18N2O2S/c1-11-7-8-16(10-12(11)2)19(17,18)14-5-3-13(9-15)4-6-14/h3-6,11-12H,7-8,10H2,1-2H3. The SMILES string of the molecule is CC1CCN(S(=O)(=O)c2ccc(C#N)cc2)CC1C. The maximum Gasteiger partial charge on any atom is 0.243 e. The van der Waals surface area contributed by atoms with E-state index in [9.17, 15) is 8.42 Å². The first-order chi connectivity index (χ1) is 8.95. The molecule has 19 heavy (non-hydrogen) atoms. The van der Waals surface area contributed by atoms with E-state index in [-0.39, 0.29) is 4.90 Å². The Morgan fingerprint density at radius 2 is 1.84 bits per heavy atom. The van der Waals surface area contributed by atoms with E-state index in [1.165, 1.54) is 12.1 Å². The molecule has 1 aliphatic heterocycles. The Balaban J connectivity index is 2.25. The summed E-state index contributed by atoms with van der Waals surface area (Å²) in [6, 6.07) is 8.10. The summed E-state index contributed by atoms with van der Waals surface area (Å²) in [5.41, 5.74) is 0.472. The van der Waals surface area contributed by atoms with Gasteiger partial charge in [-0.1, -0.05) is 13.8 Å². The van der Waals surface area contributed by atoms with Crippen molar-refractivity contribution in [2.24, 2.45) is 11.8 Å². The minimum atomic E-state index is -3.42. The highest BCUT2D eigenvalue weighted by Crippen LogP contribution is 2.27. The zero-order valence-electron chi connectivity index (χ0n) is 11.2. The number of nitriles is 1. The van der Waals surface area contributed by atoms with Crippen LogP contribution in [0.15, 0.2) is 29.2 Å². The normalized spacial score (nSPS) is 24.9. The van der Waals surface area contributed by atoms with Gasteiger partial charge in [-0.3, -0.25) is 0 Å². The van der Waals surface area contributed by atoms with Crippen molar-refractivity contribution in [3.63, 3.8) is 0 Å². The molecule has 1 aliphatic rings. The van der Waals surface area contributed by atoms with Crippen molar-refractivity contribution in [1.82, 2.24) is 4.31 Å². The molecule has 1 fully saturated rings. The first-order valence-corrected chi connectivity index (χ1v) is 7.89. The molecular formula is C14H18N2O2S. The number of rotatable bonds is 2. The lowest BCUT2D eigenvalue weighted by molar-refractivity contribution is 0.212. The fraction of sp³-hybridized carbons (Fsp3) is 0.500. The summed E-state index contributed by atoms with van der Waals surface area (Å²) in [5, 5.41) is 8.73. The molecular weight excluding hydrogens is 260 g/mol. The highest BCUT2D eigenvalue weighted by atomic mass is 32.2. The van der Waals surface area contributed by atoms with Gasteiger partial charge in [-0.2, -0.15) is 9.57 Å². The van der Waals surface area contributed by atoms with Gasteiger partial charge in [-0.15, -0.1) is 0 Å². The Kier molecular flexibility index (Phi) is 3.93. The highest BCUT2D eigenvalue weighted by Gasteiger charge is 2.31. The number of nitrogens with zero attached hydrogens (tertiary/aromatic N) is 2. The molecule has 0 saturated carbocycles. The molecule has 0 aliphatic carbocycles. The maximum atomic E-state index is 12.5. The minimum absolute atomic E-state index is 0.272. The van der Waals surface area contributed by atoms with Crippen molar-refractivity contribution in [3.05, 3.63) is 29.8 Å². The van der Waals surface area contributed by atoms with Gasteiger partial charge in [-0.25, -0.2) is 8.42 Å². The molecule has 1 aromatic carbocycles. The number of sulfonamides is 1. The summed E-state index contributed by atoms with van der Waals surface area (Å²) in [6.07, 6.45) is 0.899. The molecule has 0 bridgehead atoms. The van der Waals surface area contributed by atoms with E-state index in [1.54, 1.807) is 16.4 Å². The van der Waals surface area contributed by atoms with E-state index < -0.39 is 10.0 Å². The predicted molar refractivity (Wildman–Crippen MR) is 72.9 cm³/mol. The third kappa shape index (κ3) is 2.80. The molecule has 2 unspecified atom stereocenters. The monoisotopic (exact) mass is 278 g/mol. The van der Waals surface area contributed by atoms with E-state index >= 15 is 0 Å². The topological polar surface area (TPSA) is 61.2 Å². The fourth-order valence-corrected chi connectivity index (χ4v) is 3.85. The van der Waals surface area contributed by atoms with E-state index in [4.69, 9.17) is 5.26 Å². The molecule has 1 saturated heterocycles. The lowest BCUT2D eigenvalue weighted by atomic mass is 9.90. The van der Waals surface area contributed by atoms with Crippen LogP contribution < -0.4 is 0 Å². The average molecular weight is 278 g/mol. The summed E-state index contributed by atoms with van der Waals surface area (Å²) in [7, 11) is -3.42. The van der Waals surface area contributed by atoms with E-state index in [1.807, 2.05) is 6.07 Å². The summed E-state index contributed by atoms with van der Waals surface area (Å²) in [6.45, 7) is 5.40. The largest absolute Gasteiger partial charge is 0.243 e. The van der Waals surface area contributed by atoms with Crippen LogP contribution in [0, 0.1) is 23.2 Å². The average Bonchev–Trinajstić information content (AvgIpc) is 2.41. The highest BCUT2D eigenvalue weighted by molar-refractivity contribution is 7.89. The first-order valence-electron chi connectivity index (χ1n) is 6.45. The zero-order valence-corrected chi connectivity index (χ0v) is 12.0. The van der Waals surface area contributed by atoms with Gasteiger partial charge < -0.3 is 0 Å². The summed E-state index contributed by atoms with van der Waals surface area (Å²) >= 11 is 0. The maximum absolute atomic E-state index is 12.5. The van der Waals surface area contributed by atoms with Crippen molar-refractivity contribution < 1.29 is 8.42 Å². The molecule has 0 spiro atoms. The Morgan fingerprint density at radius 3 is 2.37 bits per heavy atom. The summed E-state index contributed by atoms with van der Waals surface area (Å²) in [4.78, 5) is 0.272. The molecule has 2 atom stereocenters. The van der Waals surface area contributed by atoms with Gasteiger partial charge in [0.25, 0.3) is 0 Å². The van der Waals surface area contributed by atoms with Crippen LogP contribution in [0.3, 0.4) is 0 Å². The molecule has 5 heteroatoms. The second-order valence-electron chi connectivity index (χ2n) is 5.24. The summed E-state index contributed by atoms with van der Waals surface area (Å²) in [5.74, 6) is 0.939. The zero-order chi connectivity index (χ0) is 14.0. The van der Waals surface area contributed by atoms with Crippen molar-refractivity contribution in [3.8, 4) is 6.07 Å². The first kappa shape index (κ1) is 14.0. The van der Waals surface area contributed by atoms with Gasteiger partial charge >= 0.3 is 0 Å². The van der Waals surface area contributed by atoms with Crippen molar-refractivity contribution in [2.75, 3.05) is 13.1 Å². The van der Waals surface area contributed by atoms with Gasteiger partial charge in [0.05, 0.1) is 16.5 Å². The number of piperidine rings is 1. The fourth-order valence-electron chi connectivity index (χ4n) is 2.29. The summed E-state index contributed by atoms with van der Waals surface area (Å²) < 4.78 is 26.5. The van der Waals surface area contributed by atoms with Gasteiger partial charge in [0.15, 0.2) is 0 Å². The van der Waals surface area contributed by atoms with Gasteiger partial charge in [0.2, 0.25) is 10.0 Å². The molecule has 102 valence electrons. The van der Waals surface area contributed by atoms with Gasteiger partial charge in [0, 0.05) is 13.1 Å². The van der Waals surface area contributed by atoms with Crippen LogP contribution in [-0.4, -0.2) is 25.8 Å². The molecule has 1 heterocycles. The van der Waals surface area contributed by atoms with Crippen LogP contribution >= 0.6 is 0 Å². The minimum Gasteiger partial charge on any atom is -0.207 e. The number of hydrogen-bond acceptors (Lipinski definition) is 3. The number of benzene rings is 1. The second kappa shape index (κ2) is 5.32. The molecule has 2 rings (SSSR count). The molecule has 4 nitrogen and oxygen atoms in total. The lowest BCUT2D eigenvalue weighted by Gasteiger charge is -2.34. The molecule has 0 amide bonds. The van der Waals surface area contributed by atoms with Crippen molar-refractivity contribution >= 4 is 10.0 Å². The predicted octanol–water partition coefficient (Wildman–Crippen LogP) is 2.22. The molecule has 1 aromatic rings. The van der Waals surface area contributed by atoms with E-state index in [2.05, 4.69) is 13.8 Å².